The average molecular weight is 528 g/mol. The highest BCUT2D eigenvalue weighted by atomic mass is 19.1. The number of amides is 3. The van der Waals surface area contributed by atoms with Gasteiger partial charge in [-0.3, -0.25) is 9.20 Å². The zero-order valence-electron chi connectivity index (χ0n) is 21.5. The lowest BCUT2D eigenvalue weighted by Gasteiger charge is -2.26. The first-order chi connectivity index (χ1) is 19.1. The van der Waals surface area contributed by atoms with Crippen molar-refractivity contribution in [1.29, 1.82) is 0 Å². The van der Waals surface area contributed by atoms with Gasteiger partial charge in [0.25, 0.3) is 5.91 Å². The van der Waals surface area contributed by atoms with Crippen molar-refractivity contribution in [2.75, 3.05) is 32.7 Å². The third-order valence-electron chi connectivity index (χ3n) is 8.23. The van der Waals surface area contributed by atoms with E-state index in [1.54, 1.807) is 17.2 Å². The maximum atomic E-state index is 15.0. The number of piperidine rings is 1. The minimum absolute atomic E-state index is 0.111. The molecule has 3 amide bonds. The zero-order valence-corrected chi connectivity index (χ0v) is 21.5. The van der Waals surface area contributed by atoms with Gasteiger partial charge in [0, 0.05) is 56.1 Å². The monoisotopic (exact) mass is 527 g/mol. The second kappa shape index (κ2) is 9.53. The van der Waals surface area contributed by atoms with Gasteiger partial charge in [0.2, 0.25) is 0 Å². The number of carbonyl (C=O) groups excluding carboxylic acids is 2. The van der Waals surface area contributed by atoms with Crippen molar-refractivity contribution in [3.63, 3.8) is 0 Å². The molecule has 3 N–H and O–H groups in total. The van der Waals surface area contributed by atoms with Crippen molar-refractivity contribution in [2.24, 2.45) is 5.92 Å². The predicted molar refractivity (Wildman–Crippen MR) is 146 cm³/mol. The molecule has 3 aliphatic heterocycles. The standard InChI is InChI=1S/C29H30FN7O2/c30-20-11-19-16-36(29(39)34-13-18-4-6-31-7-5-18)10-9-35-17-23(21(12-20)27(19)35)22-14-33-28(38)26(22)24-15-32-25-3-1-2-8-37(24)25/h1-3,8,11-12,15,17-18,31H,4-7,9-10,13-14,16H2,(H,33,38)(H,34,39). The van der Waals surface area contributed by atoms with Crippen molar-refractivity contribution in [3.05, 3.63) is 71.6 Å². The molecule has 7 rings (SSSR count). The maximum absolute atomic E-state index is 15.0. The quantitative estimate of drug-likeness (QED) is 0.380. The highest BCUT2D eigenvalue weighted by Crippen LogP contribution is 2.38. The second-order valence-electron chi connectivity index (χ2n) is 10.6. The number of nitrogens with zero attached hydrogens (tertiary/aromatic N) is 4. The normalized spacial score (nSPS) is 18.2. The Bertz CT molecular complexity index is 1650. The molecule has 0 unspecified atom stereocenters. The first-order valence-corrected chi connectivity index (χ1v) is 13.6. The number of hydrogen-bond donors (Lipinski definition) is 3. The van der Waals surface area contributed by atoms with E-state index in [4.69, 9.17) is 0 Å². The minimum Gasteiger partial charge on any atom is -0.348 e. The number of halogens is 1. The molecule has 1 fully saturated rings. The Morgan fingerprint density at radius 2 is 2.05 bits per heavy atom. The van der Waals surface area contributed by atoms with Gasteiger partial charge in [-0.25, -0.2) is 14.2 Å². The van der Waals surface area contributed by atoms with E-state index >= 15 is 4.39 Å². The third-order valence-corrected chi connectivity index (χ3v) is 8.23. The number of urea groups is 1. The summed E-state index contributed by atoms with van der Waals surface area (Å²) in [7, 11) is 0. The van der Waals surface area contributed by atoms with E-state index in [-0.39, 0.29) is 17.8 Å². The van der Waals surface area contributed by atoms with Crippen LogP contribution in [-0.4, -0.2) is 63.5 Å². The predicted octanol–water partition coefficient (Wildman–Crippen LogP) is 2.99. The van der Waals surface area contributed by atoms with Gasteiger partial charge in [0.05, 0.1) is 23.0 Å². The zero-order chi connectivity index (χ0) is 26.5. The Balaban J connectivity index is 1.25. The molecule has 10 heteroatoms. The molecule has 1 aromatic carbocycles. The third kappa shape index (κ3) is 4.15. The number of hydrogen-bond acceptors (Lipinski definition) is 4. The fourth-order valence-corrected chi connectivity index (χ4v) is 6.24. The number of pyridine rings is 1. The van der Waals surface area contributed by atoms with E-state index < -0.39 is 0 Å². The molecule has 6 heterocycles. The van der Waals surface area contributed by atoms with E-state index in [2.05, 4.69) is 25.5 Å². The molecule has 0 atom stereocenters. The Morgan fingerprint density at radius 1 is 1.18 bits per heavy atom. The van der Waals surface area contributed by atoms with E-state index in [1.807, 2.05) is 35.0 Å². The van der Waals surface area contributed by atoms with E-state index in [9.17, 15) is 9.59 Å². The van der Waals surface area contributed by atoms with E-state index in [1.165, 1.54) is 6.07 Å². The molecule has 0 bridgehead atoms. The molecule has 3 aliphatic rings. The van der Waals surface area contributed by atoms with Gasteiger partial charge in [-0.05, 0) is 67.3 Å². The van der Waals surface area contributed by atoms with Gasteiger partial charge >= 0.3 is 6.03 Å². The van der Waals surface area contributed by atoms with Crippen molar-refractivity contribution in [1.82, 2.24) is 34.8 Å². The maximum Gasteiger partial charge on any atom is 0.317 e. The lowest BCUT2D eigenvalue weighted by molar-refractivity contribution is -0.114. The van der Waals surface area contributed by atoms with Crippen molar-refractivity contribution in [2.45, 2.75) is 25.9 Å². The van der Waals surface area contributed by atoms with Crippen molar-refractivity contribution < 1.29 is 14.0 Å². The first-order valence-electron chi connectivity index (χ1n) is 13.6. The fourth-order valence-electron chi connectivity index (χ4n) is 6.24. The van der Waals surface area contributed by atoms with Crippen LogP contribution in [-0.2, 0) is 17.9 Å². The Morgan fingerprint density at radius 3 is 2.92 bits per heavy atom. The van der Waals surface area contributed by atoms with Gasteiger partial charge in [0.15, 0.2) is 0 Å². The summed E-state index contributed by atoms with van der Waals surface area (Å²) < 4.78 is 19.0. The molecule has 9 nitrogen and oxygen atoms in total. The number of benzene rings is 1. The summed E-state index contributed by atoms with van der Waals surface area (Å²) in [5.41, 5.74) is 5.33. The lowest BCUT2D eigenvalue weighted by Crippen LogP contribution is -2.43. The van der Waals surface area contributed by atoms with Gasteiger partial charge < -0.3 is 25.4 Å². The fraction of sp³-hybridized carbons (Fsp3) is 0.345. The molecule has 4 aromatic rings. The van der Waals surface area contributed by atoms with Gasteiger partial charge in [-0.15, -0.1) is 0 Å². The van der Waals surface area contributed by atoms with Crippen LogP contribution >= 0.6 is 0 Å². The average Bonchev–Trinajstić information content (AvgIpc) is 3.61. The molecule has 0 radical (unpaired) electrons. The van der Waals surface area contributed by atoms with Crippen LogP contribution in [0.25, 0.3) is 27.7 Å². The number of imidazole rings is 1. The lowest BCUT2D eigenvalue weighted by atomic mass is 9.98. The minimum atomic E-state index is -0.359. The number of nitrogens with one attached hydrogen (secondary N) is 3. The summed E-state index contributed by atoms with van der Waals surface area (Å²) in [6, 6.07) is 8.66. The van der Waals surface area contributed by atoms with Crippen LogP contribution in [0.1, 0.15) is 29.7 Å². The number of aromatic nitrogens is 3. The number of fused-ring (bicyclic) bond motifs is 1. The largest absolute Gasteiger partial charge is 0.348 e. The molecule has 39 heavy (non-hydrogen) atoms. The van der Waals surface area contributed by atoms with Crippen LogP contribution in [0.2, 0.25) is 0 Å². The first kappa shape index (κ1) is 23.9. The van der Waals surface area contributed by atoms with Gasteiger partial charge in [-0.1, -0.05) is 6.07 Å². The van der Waals surface area contributed by atoms with E-state index in [0.29, 0.717) is 49.9 Å². The molecular weight excluding hydrogens is 497 g/mol. The Kier molecular flexibility index (Phi) is 5.84. The van der Waals surface area contributed by atoms with Crippen LogP contribution in [0.5, 0.6) is 0 Å². The van der Waals surface area contributed by atoms with Crippen LogP contribution in [0.3, 0.4) is 0 Å². The van der Waals surface area contributed by atoms with Crippen LogP contribution < -0.4 is 16.0 Å². The molecular formula is C29H30FN7O2. The van der Waals surface area contributed by atoms with Crippen LogP contribution in [0.4, 0.5) is 9.18 Å². The highest BCUT2D eigenvalue weighted by Gasteiger charge is 2.31. The van der Waals surface area contributed by atoms with Crippen molar-refractivity contribution in [3.8, 4) is 0 Å². The summed E-state index contributed by atoms with van der Waals surface area (Å²) in [6.07, 6.45) is 7.72. The molecule has 200 valence electrons. The van der Waals surface area contributed by atoms with Crippen LogP contribution in [0.15, 0.2) is 48.9 Å². The second-order valence-corrected chi connectivity index (χ2v) is 10.6. The Labute approximate surface area is 224 Å². The van der Waals surface area contributed by atoms with Crippen molar-refractivity contribution >= 4 is 39.6 Å². The molecule has 3 aromatic heterocycles. The van der Waals surface area contributed by atoms with Crippen LogP contribution in [0, 0.1) is 11.7 Å². The summed E-state index contributed by atoms with van der Waals surface area (Å²) in [5.74, 6) is -0.0444. The van der Waals surface area contributed by atoms with E-state index in [0.717, 1.165) is 59.2 Å². The number of carbonyl (C=O) groups is 2. The summed E-state index contributed by atoms with van der Waals surface area (Å²) in [5, 5.41) is 10.2. The van der Waals surface area contributed by atoms with Gasteiger partial charge in [-0.2, -0.15) is 0 Å². The molecule has 0 aliphatic carbocycles. The highest BCUT2D eigenvalue weighted by molar-refractivity contribution is 6.31. The number of rotatable bonds is 4. The topological polar surface area (TPSA) is 95.7 Å². The SMILES string of the molecule is O=C1NCC(c2cn3c4c(cc(F)cc24)CN(C(=O)NCC2CCNCC2)CC3)=C1c1cnc2ccccn12. The molecule has 0 spiro atoms. The summed E-state index contributed by atoms with van der Waals surface area (Å²) >= 11 is 0. The summed E-state index contributed by atoms with van der Waals surface area (Å²) in [6.45, 7) is 4.40. The Hall–Kier alpha value is -4.18. The summed E-state index contributed by atoms with van der Waals surface area (Å²) in [4.78, 5) is 32.4. The molecule has 1 saturated heterocycles. The smallest absolute Gasteiger partial charge is 0.317 e. The van der Waals surface area contributed by atoms with Gasteiger partial charge in [0.1, 0.15) is 11.5 Å². The molecule has 0 saturated carbocycles.